The minimum absolute atomic E-state index is 0.0224. The Balaban J connectivity index is 2.05. The van der Waals surface area contributed by atoms with Gasteiger partial charge in [0.05, 0.1) is 0 Å². The molecule has 1 aliphatic carbocycles. The SMILES string of the molecule is CC(C)(C)c1ccc(C(N)C2CCC(F)(F)CC2)cc1. The van der Waals surface area contributed by atoms with Crippen LogP contribution < -0.4 is 5.73 Å². The summed E-state index contributed by atoms with van der Waals surface area (Å²) in [5.41, 5.74) is 8.72. The Hall–Kier alpha value is -0.960. The van der Waals surface area contributed by atoms with E-state index in [1.54, 1.807) is 0 Å². The van der Waals surface area contributed by atoms with Gasteiger partial charge in [-0.2, -0.15) is 0 Å². The molecule has 1 aromatic rings. The average molecular weight is 281 g/mol. The second kappa shape index (κ2) is 5.44. The summed E-state index contributed by atoms with van der Waals surface area (Å²) < 4.78 is 26.4. The summed E-state index contributed by atoms with van der Waals surface area (Å²) in [5, 5.41) is 0. The van der Waals surface area contributed by atoms with Gasteiger partial charge < -0.3 is 5.73 Å². The molecule has 0 amide bonds. The highest BCUT2D eigenvalue weighted by Crippen LogP contribution is 2.40. The summed E-state index contributed by atoms with van der Waals surface area (Å²) in [6.07, 6.45) is 1.00. The molecule has 1 unspecified atom stereocenters. The molecular formula is C17H25F2N. The molecule has 3 heteroatoms. The van der Waals surface area contributed by atoms with E-state index in [0.717, 1.165) is 5.56 Å². The fraction of sp³-hybridized carbons (Fsp3) is 0.647. The van der Waals surface area contributed by atoms with E-state index in [2.05, 4.69) is 45.0 Å². The van der Waals surface area contributed by atoms with Crippen molar-refractivity contribution >= 4 is 0 Å². The number of rotatable bonds is 2. The van der Waals surface area contributed by atoms with E-state index in [0.29, 0.717) is 12.8 Å². The zero-order valence-corrected chi connectivity index (χ0v) is 12.6. The molecule has 1 atom stereocenters. The van der Waals surface area contributed by atoms with Crippen LogP contribution in [0.25, 0.3) is 0 Å². The topological polar surface area (TPSA) is 26.0 Å². The summed E-state index contributed by atoms with van der Waals surface area (Å²) in [4.78, 5) is 0. The van der Waals surface area contributed by atoms with Crippen LogP contribution in [-0.2, 0) is 5.41 Å². The van der Waals surface area contributed by atoms with E-state index in [4.69, 9.17) is 5.73 Å². The molecule has 1 aliphatic rings. The van der Waals surface area contributed by atoms with Gasteiger partial charge in [-0.05, 0) is 35.3 Å². The third-order valence-corrected chi connectivity index (χ3v) is 4.43. The summed E-state index contributed by atoms with van der Waals surface area (Å²) in [6.45, 7) is 6.52. The van der Waals surface area contributed by atoms with E-state index >= 15 is 0 Å². The van der Waals surface area contributed by atoms with Gasteiger partial charge in [-0.15, -0.1) is 0 Å². The lowest BCUT2D eigenvalue weighted by molar-refractivity contribution is -0.0483. The molecule has 1 saturated carbocycles. The molecule has 1 aromatic carbocycles. The first kappa shape index (κ1) is 15.4. The first-order valence-corrected chi connectivity index (χ1v) is 7.43. The van der Waals surface area contributed by atoms with Crippen LogP contribution in [-0.4, -0.2) is 5.92 Å². The zero-order valence-electron chi connectivity index (χ0n) is 12.6. The molecule has 0 aromatic heterocycles. The molecule has 0 aliphatic heterocycles. The number of alkyl halides is 2. The summed E-state index contributed by atoms with van der Waals surface area (Å²) >= 11 is 0. The first-order chi connectivity index (χ1) is 9.19. The van der Waals surface area contributed by atoms with Crippen LogP contribution in [0.3, 0.4) is 0 Å². The van der Waals surface area contributed by atoms with Gasteiger partial charge in [0.25, 0.3) is 0 Å². The van der Waals surface area contributed by atoms with E-state index in [9.17, 15) is 8.78 Å². The van der Waals surface area contributed by atoms with Crippen LogP contribution in [0.4, 0.5) is 8.78 Å². The highest BCUT2D eigenvalue weighted by Gasteiger charge is 2.37. The Kier molecular flexibility index (Phi) is 4.19. The average Bonchev–Trinajstić information content (AvgIpc) is 2.37. The molecule has 0 saturated heterocycles. The van der Waals surface area contributed by atoms with Crippen LogP contribution >= 0.6 is 0 Å². The third kappa shape index (κ3) is 3.57. The lowest BCUT2D eigenvalue weighted by Crippen LogP contribution is -2.31. The van der Waals surface area contributed by atoms with Crippen molar-refractivity contribution in [2.75, 3.05) is 0 Å². The Bertz CT molecular complexity index is 435. The second-order valence-electron chi connectivity index (χ2n) is 7.09. The molecule has 20 heavy (non-hydrogen) atoms. The zero-order chi connectivity index (χ0) is 15.0. The van der Waals surface area contributed by atoms with Crippen molar-refractivity contribution in [3.8, 4) is 0 Å². The normalized spacial score (nSPS) is 21.7. The van der Waals surface area contributed by atoms with E-state index in [1.165, 1.54) is 5.56 Å². The molecule has 2 rings (SSSR count). The van der Waals surface area contributed by atoms with Gasteiger partial charge in [0.15, 0.2) is 0 Å². The first-order valence-electron chi connectivity index (χ1n) is 7.43. The van der Waals surface area contributed by atoms with Crippen LogP contribution in [0, 0.1) is 5.92 Å². The van der Waals surface area contributed by atoms with Crippen molar-refractivity contribution in [1.82, 2.24) is 0 Å². The van der Waals surface area contributed by atoms with Gasteiger partial charge in [-0.25, -0.2) is 8.78 Å². The van der Waals surface area contributed by atoms with E-state index in [-0.39, 0.29) is 30.2 Å². The Morgan fingerprint density at radius 1 is 1.10 bits per heavy atom. The van der Waals surface area contributed by atoms with Gasteiger partial charge >= 0.3 is 0 Å². The number of nitrogens with two attached hydrogens (primary N) is 1. The van der Waals surface area contributed by atoms with Crippen LogP contribution in [0.15, 0.2) is 24.3 Å². The molecule has 0 spiro atoms. The molecule has 112 valence electrons. The Morgan fingerprint density at radius 3 is 2.05 bits per heavy atom. The minimum atomic E-state index is -2.48. The number of hydrogen-bond acceptors (Lipinski definition) is 1. The van der Waals surface area contributed by atoms with E-state index < -0.39 is 5.92 Å². The van der Waals surface area contributed by atoms with Crippen LogP contribution in [0.5, 0.6) is 0 Å². The van der Waals surface area contributed by atoms with E-state index in [1.807, 2.05) is 0 Å². The Labute approximate surface area is 120 Å². The lowest BCUT2D eigenvalue weighted by atomic mass is 9.79. The molecule has 0 bridgehead atoms. The maximum atomic E-state index is 13.2. The molecule has 1 nitrogen and oxygen atoms in total. The lowest BCUT2D eigenvalue weighted by Gasteiger charge is -2.32. The van der Waals surface area contributed by atoms with Crippen molar-refractivity contribution in [2.45, 2.75) is 63.8 Å². The van der Waals surface area contributed by atoms with Crippen molar-refractivity contribution in [3.63, 3.8) is 0 Å². The summed E-state index contributed by atoms with van der Waals surface area (Å²) in [7, 11) is 0. The molecule has 2 N–H and O–H groups in total. The quantitative estimate of drug-likeness (QED) is 0.827. The maximum Gasteiger partial charge on any atom is 0.248 e. The van der Waals surface area contributed by atoms with Crippen LogP contribution in [0.1, 0.15) is 63.6 Å². The van der Waals surface area contributed by atoms with Gasteiger partial charge in [0.1, 0.15) is 0 Å². The maximum absolute atomic E-state index is 13.2. The predicted molar refractivity (Wildman–Crippen MR) is 79.0 cm³/mol. The smallest absolute Gasteiger partial charge is 0.248 e. The molecular weight excluding hydrogens is 256 g/mol. The van der Waals surface area contributed by atoms with Crippen LogP contribution in [0.2, 0.25) is 0 Å². The number of halogens is 2. The van der Waals surface area contributed by atoms with Crippen molar-refractivity contribution < 1.29 is 8.78 Å². The highest BCUT2D eigenvalue weighted by molar-refractivity contribution is 5.29. The molecule has 0 radical (unpaired) electrons. The van der Waals surface area contributed by atoms with Crippen molar-refractivity contribution in [3.05, 3.63) is 35.4 Å². The summed E-state index contributed by atoms with van der Waals surface area (Å²) in [5.74, 6) is -2.30. The Morgan fingerprint density at radius 2 is 1.60 bits per heavy atom. The third-order valence-electron chi connectivity index (χ3n) is 4.43. The largest absolute Gasteiger partial charge is 0.324 e. The van der Waals surface area contributed by atoms with Crippen molar-refractivity contribution in [1.29, 1.82) is 0 Å². The standard InChI is InChI=1S/C17H25F2N/c1-16(2,3)14-6-4-12(5-7-14)15(20)13-8-10-17(18,19)11-9-13/h4-7,13,15H,8-11,20H2,1-3H3. The van der Waals surface area contributed by atoms with Gasteiger partial charge in [-0.1, -0.05) is 45.0 Å². The van der Waals surface area contributed by atoms with Gasteiger partial charge in [0.2, 0.25) is 5.92 Å². The molecule has 0 heterocycles. The molecule has 1 fully saturated rings. The fourth-order valence-electron chi connectivity index (χ4n) is 2.90. The highest BCUT2D eigenvalue weighted by atomic mass is 19.3. The van der Waals surface area contributed by atoms with Gasteiger partial charge in [-0.3, -0.25) is 0 Å². The number of hydrogen-bond donors (Lipinski definition) is 1. The fourth-order valence-corrected chi connectivity index (χ4v) is 2.90. The monoisotopic (exact) mass is 281 g/mol. The summed E-state index contributed by atoms with van der Waals surface area (Å²) in [6, 6.07) is 8.19. The number of benzene rings is 1. The minimum Gasteiger partial charge on any atom is -0.324 e. The second-order valence-corrected chi connectivity index (χ2v) is 7.09. The van der Waals surface area contributed by atoms with Gasteiger partial charge in [0, 0.05) is 18.9 Å². The predicted octanol–water partition coefficient (Wildman–Crippen LogP) is 4.81. The van der Waals surface area contributed by atoms with Crippen molar-refractivity contribution in [2.24, 2.45) is 11.7 Å².